The van der Waals surface area contributed by atoms with Crippen LogP contribution in [-0.4, -0.2) is 160 Å². The summed E-state index contributed by atoms with van der Waals surface area (Å²) in [5.74, 6) is -13.0. The lowest BCUT2D eigenvalue weighted by Gasteiger charge is -2.32. The number of hydrogen-bond donors (Lipinski definition) is 13. The molecule has 91 heavy (non-hydrogen) atoms. The quantitative estimate of drug-likeness (QED) is 0.0615. The van der Waals surface area contributed by atoms with E-state index in [1.54, 1.807) is 131 Å². The van der Waals surface area contributed by atoms with Gasteiger partial charge in [-0.05, 0) is 84.9 Å². The van der Waals surface area contributed by atoms with Crippen molar-refractivity contribution >= 4 is 70.9 Å². The van der Waals surface area contributed by atoms with Gasteiger partial charge in [0.15, 0.2) is 0 Å². The van der Waals surface area contributed by atoms with E-state index >= 15 is 4.79 Å². The summed E-state index contributed by atoms with van der Waals surface area (Å²) in [5.41, 5.74) is 13.6. The molecule has 11 amide bonds. The topological polar surface area (TPSA) is 409 Å². The SMILES string of the molecule is CC(C)CC1NC(=O)C(CCCN)NC(=O)C(C(C)C)NC(=O)C(Cc2ccccc2)NC(=O)C(CC(=O)O)NC(=O)C(CC(N)=O)NC(=O)C(Cc2ccccc2)NC(=O)C(Cc2ccccc2)NC(=O)C2CCCN2C(=O)C(Cc2ccc(O)cc2)NC1=O. The zero-order chi connectivity index (χ0) is 66.3. The number of nitrogens with zero attached hydrogens (tertiary/aromatic N) is 1. The minimum Gasteiger partial charge on any atom is -0.508 e. The number of amides is 11. The maximum Gasteiger partial charge on any atom is 0.305 e. The van der Waals surface area contributed by atoms with Crippen LogP contribution in [0.2, 0.25) is 0 Å². The van der Waals surface area contributed by atoms with E-state index in [2.05, 4.69) is 47.9 Å². The zero-order valence-electron chi connectivity index (χ0n) is 51.5. The molecule has 2 aliphatic rings. The number of nitrogens with two attached hydrogens (primary N) is 2. The van der Waals surface area contributed by atoms with Gasteiger partial charge in [0.05, 0.1) is 12.8 Å². The van der Waals surface area contributed by atoms with Gasteiger partial charge in [-0.25, -0.2) is 0 Å². The molecule has 10 atom stereocenters. The summed E-state index contributed by atoms with van der Waals surface area (Å²) in [6.07, 6.45) is -2.15. The van der Waals surface area contributed by atoms with Crippen molar-refractivity contribution in [1.82, 2.24) is 52.8 Å². The fourth-order valence-electron chi connectivity index (χ4n) is 10.8. The van der Waals surface area contributed by atoms with E-state index in [0.717, 1.165) is 0 Å². The van der Waals surface area contributed by atoms with Crippen molar-refractivity contribution < 1.29 is 67.7 Å². The first kappa shape index (κ1) is 70.4. The molecule has 0 bridgehead atoms. The highest BCUT2D eigenvalue weighted by Crippen LogP contribution is 2.22. The first-order valence-corrected chi connectivity index (χ1v) is 30.5. The number of phenolic OH excluding ortho intramolecular Hbond substituents is 1. The lowest BCUT2D eigenvalue weighted by Crippen LogP contribution is -2.62. The molecule has 0 saturated carbocycles. The second-order valence-corrected chi connectivity index (χ2v) is 23.7. The van der Waals surface area contributed by atoms with Crippen molar-refractivity contribution in [2.24, 2.45) is 23.3 Å². The standard InChI is InChI=1S/C65H84N12O14/c1-37(2)30-45-57(83)75-51(34-42-24-26-43(78)27-25-42)65(91)77-29-15-23-52(77)63(89)74-47(32-40-18-10-6-11-19-40)59(85)70-46(31-39-16-8-5-9-17-39)58(84)72-49(35-53(67)79)60(86)73-50(36-54(80)81)61(87)71-48(33-41-20-12-7-13-21-41)62(88)76-55(38(3)4)64(90)68-44(22-14-28-66)56(82)69-45/h5-13,16-21,24-27,37-38,44-52,55,78H,14-15,22-23,28-36,66H2,1-4H3,(H2,67,79)(H,68,90)(H,69,82)(H,70,85)(H,71,87)(H,72,84)(H,73,86)(H,74,89)(H,75,83)(H,76,88)(H,80,81). The maximum absolute atomic E-state index is 15.1. The number of phenols is 1. The van der Waals surface area contributed by atoms with Crippen molar-refractivity contribution in [3.63, 3.8) is 0 Å². The van der Waals surface area contributed by atoms with Crippen LogP contribution in [-0.2, 0) is 83.2 Å². The molecule has 2 heterocycles. The summed E-state index contributed by atoms with van der Waals surface area (Å²) in [5, 5.41) is 44.0. The molecule has 0 aliphatic carbocycles. The number of benzene rings is 4. The number of carbonyl (C=O) groups excluding carboxylic acids is 11. The monoisotopic (exact) mass is 1260 g/mol. The number of fused-ring (bicyclic) bond motifs is 1. The molecule has 4 aromatic rings. The predicted molar refractivity (Wildman–Crippen MR) is 333 cm³/mol. The van der Waals surface area contributed by atoms with Gasteiger partial charge in [-0.15, -0.1) is 0 Å². The molecule has 488 valence electrons. The Bertz CT molecular complexity index is 3190. The maximum atomic E-state index is 15.1. The van der Waals surface area contributed by atoms with Crippen molar-refractivity contribution in [1.29, 1.82) is 0 Å². The molecule has 2 saturated heterocycles. The number of carbonyl (C=O) groups is 12. The third-order valence-electron chi connectivity index (χ3n) is 15.5. The lowest BCUT2D eigenvalue weighted by atomic mass is 9.99. The highest BCUT2D eigenvalue weighted by Gasteiger charge is 2.42. The number of aromatic hydroxyl groups is 1. The van der Waals surface area contributed by atoms with Crippen molar-refractivity contribution in [2.75, 3.05) is 13.1 Å². The number of hydrogen-bond acceptors (Lipinski definition) is 14. The highest BCUT2D eigenvalue weighted by atomic mass is 16.4. The van der Waals surface area contributed by atoms with Gasteiger partial charge in [-0.2, -0.15) is 0 Å². The molecule has 0 radical (unpaired) electrons. The van der Waals surface area contributed by atoms with Crippen LogP contribution in [0.5, 0.6) is 5.75 Å². The smallest absolute Gasteiger partial charge is 0.305 e. The first-order valence-electron chi connectivity index (χ1n) is 30.5. The third-order valence-corrected chi connectivity index (χ3v) is 15.5. The molecule has 2 aliphatic heterocycles. The van der Waals surface area contributed by atoms with Crippen molar-refractivity contribution in [2.45, 2.75) is 159 Å². The molecule has 26 nitrogen and oxygen atoms in total. The Balaban J connectivity index is 1.46. The Hall–Kier alpha value is -9.72. The Kier molecular flexibility index (Phi) is 26.5. The van der Waals surface area contributed by atoms with Crippen molar-refractivity contribution in [3.8, 4) is 5.75 Å². The Morgan fingerprint density at radius 2 is 0.868 bits per heavy atom. The predicted octanol–water partition coefficient (Wildman–Crippen LogP) is -0.178. The average molecular weight is 1260 g/mol. The number of nitrogens with one attached hydrogen (secondary N) is 9. The minimum absolute atomic E-state index is 0.0346. The molecule has 2 fully saturated rings. The average Bonchev–Trinajstić information content (AvgIpc) is 2.08. The van der Waals surface area contributed by atoms with Crippen LogP contribution in [0, 0.1) is 11.8 Å². The van der Waals surface area contributed by atoms with E-state index in [0.29, 0.717) is 28.7 Å². The minimum atomic E-state index is -1.99. The molecular formula is C65H84N12O14. The molecule has 10 unspecified atom stereocenters. The fourth-order valence-corrected chi connectivity index (χ4v) is 10.8. The number of carboxylic acid groups (broad SMARTS) is 1. The molecule has 6 rings (SSSR count). The van der Waals surface area contributed by atoms with Crippen LogP contribution in [0.15, 0.2) is 115 Å². The van der Waals surface area contributed by atoms with Gasteiger partial charge >= 0.3 is 5.97 Å². The summed E-state index contributed by atoms with van der Waals surface area (Å²) in [6.45, 7) is 6.93. The third kappa shape index (κ3) is 21.8. The van der Waals surface area contributed by atoms with E-state index < -0.39 is 150 Å². The van der Waals surface area contributed by atoms with Gasteiger partial charge in [-0.3, -0.25) is 57.5 Å². The van der Waals surface area contributed by atoms with Gasteiger partial charge in [0.1, 0.15) is 66.2 Å². The van der Waals surface area contributed by atoms with Crippen molar-refractivity contribution in [3.05, 3.63) is 138 Å². The number of carboxylic acids is 1. The van der Waals surface area contributed by atoms with E-state index in [-0.39, 0.29) is 76.1 Å². The number of rotatable bonds is 18. The summed E-state index contributed by atoms with van der Waals surface area (Å²) in [6, 6.07) is 15.9. The largest absolute Gasteiger partial charge is 0.508 e. The van der Waals surface area contributed by atoms with E-state index in [9.17, 15) is 63.0 Å². The Labute approximate surface area is 527 Å². The normalized spacial score (nSPS) is 24.1. The second kappa shape index (κ2) is 34.3. The van der Waals surface area contributed by atoms with Crippen LogP contribution in [0.25, 0.3) is 0 Å². The van der Waals surface area contributed by atoms with Gasteiger partial charge in [0.25, 0.3) is 0 Å². The summed E-state index contributed by atoms with van der Waals surface area (Å²) < 4.78 is 0. The van der Waals surface area contributed by atoms with Gasteiger partial charge < -0.3 is 74.4 Å². The molecule has 15 N–H and O–H groups in total. The van der Waals surface area contributed by atoms with Gasteiger partial charge in [0, 0.05) is 32.2 Å². The summed E-state index contributed by atoms with van der Waals surface area (Å²) in [7, 11) is 0. The molecule has 4 aromatic carbocycles. The van der Waals surface area contributed by atoms with Crippen LogP contribution in [0.3, 0.4) is 0 Å². The first-order chi connectivity index (χ1) is 43.4. The van der Waals surface area contributed by atoms with Crippen LogP contribution < -0.4 is 59.3 Å². The second-order valence-electron chi connectivity index (χ2n) is 23.7. The van der Waals surface area contributed by atoms with E-state index in [4.69, 9.17) is 11.5 Å². The van der Waals surface area contributed by atoms with Gasteiger partial charge in [0.2, 0.25) is 65.0 Å². The number of aliphatic carboxylic acids is 1. The molecule has 0 spiro atoms. The highest BCUT2D eigenvalue weighted by molar-refractivity contribution is 6.01. The molecular weight excluding hydrogens is 1170 g/mol. The Morgan fingerprint density at radius 3 is 1.33 bits per heavy atom. The summed E-state index contributed by atoms with van der Waals surface area (Å²) >= 11 is 0. The fraction of sp³-hybridized carbons (Fsp3) is 0.446. The van der Waals surface area contributed by atoms with Gasteiger partial charge in [-0.1, -0.05) is 131 Å². The van der Waals surface area contributed by atoms with E-state index in [1.807, 2.05) is 0 Å². The number of primary amides is 1. The van der Waals surface area contributed by atoms with Crippen LogP contribution in [0.1, 0.15) is 94.9 Å². The molecule has 0 aromatic heterocycles. The van der Waals surface area contributed by atoms with E-state index in [1.165, 1.54) is 17.0 Å². The van der Waals surface area contributed by atoms with Crippen LogP contribution >= 0.6 is 0 Å². The van der Waals surface area contributed by atoms with Crippen LogP contribution in [0.4, 0.5) is 0 Å². The zero-order valence-corrected chi connectivity index (χ0v) is 51.5. The lowest BCUT2D eigenvalue weighted by molar-refractivity contribution is -0.142. The Morgan fingerprint density at radius 1 is 0.484 bits per heavy atom. The summed E-state index contributed by atoms with van der Waals surface area (Å²) in [4.78, 5) is 173. The molecule has 26 heteroatoms.